The minimum Gasteiger partial charge on any atom is -0.461 e. The maximum atomic E-state index is 15.2. The van der Waals surface area contributed by atoms with Gasteiger partial charge < -0.3 is 54.3 Å². The Kier molecular flexibility index (Phi) is 13.7. The summed E-state index contributed by atoms with van der Waals surface area (Å²) in [7, 11) is -0.736. The van der Waals surface area contributed by atoms with Gasteiger partial charge in [0.1, 0.15) is 49.8 Å². The molecule has 0 bridgehead atoms. The fraction of sp³-hybridized carbons (Fsp3) is 0.500. The normalized spacial score (nSPS) is 23.8. The Balaban J connectivity index is 0.769. The van der Waals surface area contributed by atoms with Gasteiger partial charge in [-0.3, -0.25) is 28.7 Å². The van der Waals surface area contributed by atoms with E-state index < -0.39 is 105 Å². The van der Waals surface area contributed by atoms with E-state index in [4.69, 9.17) is 49.4 Å². The SMILES string of the molecule is CN(C)c1cccc2c(S(=O)(=O)N(Cc3cn(C(C)(C)C(=O)OC[C@H]4O[C@@H](n5cnc6c(=O)[nH]c(N)nc65)[C@@H]5OC(C)(C)O[C@@H]54)nn3)Cc3cn(C(C)(C)C(=O)OC[C@H]4O[C@@H](n5cnc6c(=O)[nH]c(N)nc65)[C@@H]5OC(C)(C)O[C@@H]54)nn3)cccc12. The number of aromatic nitrogens is 14. The van der Waals surface area contributed by atoms with E-state index in [0.717, 1.165) is 9.99 Å². The van der Waals surface area contributed by atoms with Crippen LogP contribution in [0.3, 0.4) is 0 Å². The van der Waals surface area contributed by atoms with Crippen molar-refractivity contribution in [2.75, 3.05) is 43.7 Å². The highest BCUT2D eigenvalue weighted by Crippen LogP contribution is 2.46. The van der Waals surface area contributed by atoms with Gasteiger partial charge in [0.05, 0.1) is 54.4 Å². The summed E-state index contributed by atoms with van der Waals surface area (Å²) >= 11 is 0. The van der Waals surface area contributed by atoms with E-state index in [1.807, 2.05) is 31.1 Å². The van der Waals surface area contributed by atoms with Crippen LogP contribution in [0.25, 0.3) is 33.1 Å². The number of anilines is 3. The number of rotatable bonds is 17. The minimum absolute atomic E-state index is 0.0101. The lowest BCUT2D eigenvalue weighted by Crippen LogP contribution is -2.41. The fourth-order valence-corrected chi connectivity index (χ4v) is 12.6. The molecular weight excluding hydrogens is 1130 g/mol. The van der Waals surface area contributed by atoms with Gasteiger partial charge in [0, 0.05) is 30.6 Å². The van der Waals surface area contributed by atoms with Gasteiger partial charge in [-0.15, -0.1) is 10.2 Å². The number of carbonyl (C=O) groups excluding carboxylic acids is 2. The molecule has 4 saturated heterocycles. The predicted molar refractivity (Wildman–Crippen MR) is 296 cm³/mol. The fourth-order valence-electron chi connectivity index (χ4n) is 11.0. The number of sulfonamides is 1. The van der Waals surface area contributed by atoms with Crippen molar-refractivity contribution in [1.82, 2.24) is 73.3 Å². The van der Waals surface area contributed by atoms with Crippen LogP contribution in [0.4, 0.5) is 17.6 Å². The van der Waals surface area contributed by atoms with E-state index in [0.29, 0.717) is 10.8 Å². The second kappa shape index (κ2) is 20.5. The molecule has 10 heterocycles. The Labute approximate surface area is 482 Å². The van der Waals surface area contributed by atoms with Crippen LogP contribution in [0, 0.1) is 0 Å². The maximum absolute atomic E-state index is 15.2. The Morgan fingerprint density at radius 1 is 0.671 bits per heavy atom. The van der Waals surface area contributed by atoms with Crippen molar-refractivity contribution >= 4 is 72.6 Å². The standard InChI is InChI=1S/C52H62N18O14S/c1-49(2,45(73)77-21-30-35-37(83-51(5,6)81-35)43(79-30)67-23-55-33-39(67)57-47(53)59-41(33)71)69-19-25(61-63-69)17-66(85(75,76)32-16-12-13-27-28(32)14-11-15-29(27)65(9)10)18-26-20-70(64-62-26)50(3,4)46(74)78-22-31-36-38(84-52(7,8)82-36)44(80-31)68-24-56-34-40(68)58-48(54)60-42(34)72/h11-16,19-20,23-24,30-31,35-38,43-44H,17-18,21-22H2,1-10H3,(H3,53,57,59,71)(H3,54,58,60,72)/t30-,31-,35-,36-,37-,38-,43-,44-/m1/s1. The molecule has 6 aromatic heterocycles. The molecule has 33 heteroatoms. The molecule has 0 saturated carbocycles. The third-order valence-corrected chi connectivity index (χ3v) is 17.2. The second-order valence-electron chi connectivity index (χ2n) is 23.2. The Morgan fingerprint density at radius 3 is 1.56 bits per heavy atom. The molecule has 8 aromatic rings. The van der Waals surface area contributed by atoms with Gasteiger partial charge in [-0.2, -0.15) is 14.3 Å². The molecule has 4 aliphatic rings. The lowest BCUT2D eigenvalue weighted by atomic mass is 10.1. The first-order valence-corrected chi connectivity index (χ1v) is 28.4. The molecule has 0 aliphatic carbocycles. The molecule has 4 fully saturated rings. The van der Waals surface area contributed by atoms with Crippen molar-refractivity contribution in [3.05, 3.63) is 93.5 Å². The predicted octanol–water partition coefficient (Wildman–Crippen LogP) is 1.30. The summed E-state index contributed by atoms with van der Waals surface area (Å²) in [5.41, 5.74) is 9.09. The third kappa shape index (κ3) is 10.1. The summed E-state index contributed by atoms with van der Waals surface area (Å²) in [6, 6.07) is 10.4. The zero-order chi connectivity index (χ0) is 60.4. The molecule has 450 valence electrons. The first-order valence-electron chi connectivity index (χ1n) is 26.9. The monoisotopic (exact) mass is 1190 g/mol. The highest BCUT2D eigenvalue weighted by molar-refractivity contribution is 7.89. The number of aromatic amines is 2. The van der Waals surface area contributed by atoms with Crippen LogP contribution < -0.4 is 27.5 Å². The number of ether oxygens (including phenoxy) is 8. The molecular formula is C52H62N18O14S. The average Bonchev–Trinajstić information content (AvgIpc) is 2.32. The van der Waals surface area contributed by atoms with Crippen LogP contribution in [0.2, 0.25) is 0 Å². The van der Waals surface area contributed by atoms with Crippen LogP contribution in [0.1, 0.15) is 79.2 Å². The number of esters is 2. The van der Waals surface area contributed by atoms with E-state index in [-0.39, 0.29) is 76.8 Å². The number of nitrogens with zero attached hydrogens (tertiary/aromatic N) is 14. The Morgan fingerprint density at radius 2 is 1.11 bits per heavy atom. The zero-order valence-corrected chi connectivity index (χ0v) is 48.6. The first-order chi connectivity index (χ1) is 40.1. The molecule has 0 amide bonds. The lowest BCUT2D eigenvalue weighted by Gasteiger charge is -2.26. The highest BCUT2D eigenvalue weighted by atomic mass is 32.2. The molecule has 0 spiro atoms. The first kappa shape index (κ1) is 57.1. The van der Waals surface area contributed by atoms with Gasteiger partial charge in [-0.25, -0.2) is 37.3 Å². The van der Waals surface area contributed by atoms with Crippen molar-refractivity contribution in [3.63, 3.8) is 0 Å². The third-order valence-electron chi connectivity index (χ3n) is 15.3. The number of H-pyrrole nitrogens is 2. The molecule has 32 nitrogen and oxygen atoms in total. The Hall–Kier alpha value is -8.31. The van der Waals surface area contributed by atoms with E-state index in [2.05, 4.69) is 50.5 Å². The molecule has 0 unspecified atom stereocenters. The number of fused-ring (bicyclic) bond motifs is 5. The number of hydrogen-bond acceptors (Lipinski definition) is 25. The maximum Gasteiger partial charge on any atom is 0.333 e. The van der Waals surface area contributed by atoms with Crippen LogP contribution in [-0.4, -0.2) is 169 Å². The van der Waals surface area contributed by atoms with Crippen LogP contribution in [0.5, 0.6) is 0 Å². The quantitative estimate of drug-likeness (QED) is 0.0933. The van der Waals surface area contributed by atoms with E-state index in [1.54, 1.807) is 73.6 Å². The van der Waals surface area contributed by atoms with E-state index in [9.17, 15) is 19.2 Å². The number of nitrogen functional groups attached to an aromatic ring is 2. The van der Waals surface area contributed by atoms with Crippen molar-refractivity contribution in [2.45, 2.75) is 145 Å². The number of carbonyl (C=O) groups is 2. The van der Waals surface area contributed by atoms with Crippen molar-refractivity contribution < 1.29 is 55.9 Å². The van der Waals surface area contributed by atoms with Crippen molar-refractivity contribution in [3.8, 4) is 0 Å². The molecule has 85 heavy (non-hydrogen) atoms. The molecule has 0 radical (unpaired) electrons. The topological polar surface area (TPSA) is 389 Å². The number of benzene rings is 2. The summed E-state index contributed by atoms with van der Waals surface area (Å²) in [4.78, 5) is 77.2. The van der Waals surface area contributed by atoms with Crippen LogP contribution in [-0.2, 0) is 81.7 Å². The van der Waals surface area contributed by atoms with Gasteiger partial charge in [0.15, 0.2) is 57.4 Å². The zero-order valence-electron chi connectivity index (χ0n) is 47.8. The second-order valence-corrected chi connectivity index (χ2v) is 25.1. The summed E-state index contributed by atoms with van der Waals surface area (Å²) in [6.45, 7) is 11.8. The van der Waals surface area contributed by atoms with Crippen LogP contribution in [0.15, 0.2) is 75.9 Å². The molecule has 8 atom stereocenters. The highest BCUT2D eigenvalue weighted by Gasteiger charge is 2.58. The molecule has 4 aliphatic heterocycles. The molecule has 6 N–H and O–H groups in total. The summed E-state index contributed by atoms with van der Waals surface area (Å²) in [6.07, 6.45) is -0.791. The van der Waals surface area contributed by atoms with Gasteiger partial charge in [0.2, 0.25) is 21.9 Å². The lowest BCUT2D eigenvalue weighted by molar-refractivity contribution is -0.203. The number of nitrogens with one attached hydrogen (secondary N) is 2. The summed E-state index contributed by atoms with van der Waals surface area (Å²) in [5, 5.41) is 18.4. The minimum atomic E-state index is -4.45. The van der Waals surface area contributed by atoms with Crippen molar-refractivity contribution in [1.29, 1.82) is 0 Å². The van der Waals surface area contributed by atoms with Gasteiger partial charge in [-0.05, 0) is 67.5 Å². The number of nitrogens with two attached hydrogens (primary N) is 2. The largest absolute Gasteiger partial charge is 0.461 e. The number of imidazole rings is 2. The van der Waals surface area contributed by atoms with E-state index >= 15 is 8.42 Å². The van der Waals surface area contributed by atoms with Crippen molar-refractivity contribution in [2.24, 2.45) is 0 Å². The summed E-state index contributed by atoms with van der Waals surface area (Å²) < 4.78 is 86.7. The van der Waals surface area contributed by atoms with Gasteiger partial charge >= 0.3 is 11.9 Å². The summed E-state index contributed by atoms with van der Waals surface area (Å²) in [5.74, 6) is -3.83. The smallest absolute Gasteiger partial charge is 0.333 e. The number of hydrogen-bond donors (Lipinski definition) is 4. The Bertz CT molecular complexity index is 3980. The molecule has 12 rings (SSSR count). The van der Waals surface area contributed by atoms with Crippen LogP contribution >= 0.6 is 0 Å². The molecule has 2 aromatic carbocycles. The van der Waals surface area contributed by atoms with E-state index in [1.165, 1.54) is 49.6 Å². The van der Waals surface area contributed by atoms with Gasteiger partial charge in [-0.1, -0.05) is 34.7 Å². The average molecular weight is 1200 g/mol. The van der Waals surface area contributed by atoms with Gasteiger partial charge in [0.25, 0.3) is 11.1 Å².